The fourth-order valence-corrected chi connectivity index (χ4v) is 3.28. The molecule has 148 valence electrons. The molecule has 1 aromatic heterocycles. The molecule has 0 unspecified atom stereocenters. The molecule has 0 saturated carbocycles. The van der Waals surface area contributed by atoms with Crippen LogP contribution in [0.25, 0.3) is 11.3 Å². The van der Waals surface area contributed by atoms with E-state index in [1.807, 2.05) is 24.3 Å². The van der Waals surface area contributed by atoms with Gasteiger partial charge in [0.2, 0.25) is 0 Å². The molecule has 1 amide bonds. The lowest BCUT2D eigenvalue weighted by atomic mass is 10.1. The number of anilines is 2. The molecule has 2 aromatic carbocycles. The van der Waals surface area contributed by atoms with Crippen LogP contribution in [0.5, 0.6) is 0 Å². The summed E-state index contributed by atoms with van der Waals surface area (Å²) in [5, 5.41) is 11.5. The van der Waals surface area contributed by atoms with Gasteiger partial charge in [-0.05, 0) is 43.4 Å². The van der Waals surface area contributed by atoms with Gasteiger partial charge in [-0.15, -0.1) is 10.2 Å². The smallest absolute Gasteiger partial charge is 0.258 e. The van der Waals surface area contributed by atoms with Gasteiger partial charge in [-0.2, -0.15) is 0 Å². The number of carbonyl (C=O) groups is 1. The van der Waals surface area contributed by atoms with Crippen LogP contribution in [0.1, 0.15) is 10.4 Å². The molecule has 4 rings (SSSR count). The monoisotopic (exact) mass is 391 g/mol. The maximum atomic E-state index is 13.8. The molecule has 1 aliphatic heterocycles. The van der Waals surface area contributed by atoms with Gasteiger partial charge in [0.05, 0.1) is 11.3 Å². The van der Waals surface area contributed by atoms with E-state index in [0.29, 0.717) is 11.4 Å². The summed E-state index contributed by atoms with van der Waals surface area (Å²) in [7, 11) is 2.12. The van der Waals surface area contributed by atoms with Gasteiger partial charge in [0, 0.05) is 37.4 Å². The fourth-order valence-electron chi connectivity index (χ4n) is 3.28. The second kappa shape index (κ2) is 8.36. The number of hydrogen-bond acceptors (Lipinski definition) is 5. The van der Waals surface area contributed by atoms with Gasteiger partial charge in [-0.3, -0.25) is 4.79 Å². The van der Waals surface area contributed by atoms with E-state index in [1.54, 1.807) is 24.3 Å². The largest absolute Gasteiger partial charge is 0.353 e. The molecule has 29 heavy (non-hydrogen) atoms. The van der Waals surface area contributed by atoms with Crippen LogP contribution in [0.2, 0.25) is 0 Å². The lowest BCUT2D eigenvalue weighted by molar-refractivity contribution is 0.102. The van der Waals surface area contributed by atoms with Gasteiger partial charge in [0.1, 0.15) is 5.82 Å². The number of nitrogens with zero attached hydrogens (tertiary/aromatic N) is 4. The van der Waals surface area contributed by atoms with Gasteiger partial charge in [0.15, 0.2) is 5.82 Å². The van der Waals surface area contributed by atoms with Crippen molar-refractivity contribution in [2.75, 3.05) is 43.4 Å². The Labute approximate surface area is 169 Å². The van der Waals surface area contributed by atoms with Crippen molar-refractivity contribution in [2.24, 2.45) is 0 Å². The molecule has 2 heterocycles. The van der Waals surface area contributed by atoms with Crippen LogP contribution in [0.15, 0.2) is 60.7 Å². The van der Waals surface area contributed by atoms with Gasteiger partial charge >= 0.3 is 0 Å². The molecule has 0 bridgehead atoms. The molecular formula is C22H22FN5O. The molecule has 0 spiro atoms. The molecule has 1 fully saturated rings. The summed E-state index contributed by atoms with van der Waals surface area (Å²) in [5.74, 6) is -0.172. The Morgan fingerprint density at radius 3 is 2.48 bits per heavy atom. The van der Waals surface area contributed by atoms with Crippen LogP contribution in [0.3, 0.4) is 0 Å². The van der Waals surface area contributed by atoms with Crippen molar-refractivity contribution in [1.82, 2.24) is 15.1 Å². The number of nitrogens with one attached hydrogen (secondary N) is 1. The lowest BCUT2D eigenvalue weighted by Gasteiger charge is -2.32. The molecule has 1 N–H and O–H groups in total. The van der Waals surface area contributed by atoms with E-state index in [2.05, 4.69) is 32.4 Å². The van der Waals surface area contributed by atoms with Crippen molar-refractivity contribution < 1.29 is 9.18 Å². The summed E-state index contributed by atoms with van der Waals surface area (Å²) in [4.78, 5) is 16.9. The predicted molar refractivity (Wildman–Crippen MR) is 112 cm³/mol. The summed E-state index contributed by atoms with van der Waals surface area (Å²) in [5.41, 5.74) is 2.12. The fraction of sp³-hybridized carbons (Fsp3) is 0.227. The Morgan fingerprint density at radius 1 is 0.966 bits per heavy atom. The standard InChI is InChI=1S/C22H22FN5O/c1-27-11-13-28(14-12-27)21-10-9-20(25-26-21)16-5-4-6-17(15-16)24-22(29)18-7-2-3-8-19(18)23/h2-10,15H,11-14H2,1H3,(H,24,29). The average molecular weight is 391 g/mol. The summed E-state index contributed by atoms with van der Waals surface area (Å²) >= 11 is 0. The molecule has 0 atom stereocenters. The van der Waals surface area contributed by atoms with Crippen molar-refractivity contribution in [3.63, 3.8) is 0 Å². The van der Waals surface area contributed by atoms with Crippen molar-refractivity contribution >= 4 is 17.4 Å². The average Bonchev–Trinajstić information content (AvgIpc) is 2.75. The third-order valence-corrected chi connectivity index (χ3v) is 5.01. The highest BCUT2D eigenvalue weighted by atomic mass is 19.1. The van der Waals surface area contributed by atoms with Gasteiger partial charge in [0.25, 0.3) is 5.91 Å². The molecular weight excluding hydrogens is 369 g/mol. The van der Waals surface area contributed by atoms with Gasteiger partial charge in [-0.1, -0.05) is 24.3 Å². The van der Waals surface area contributed by atoms with Crippen LogP contribution in [-0.4, -0.2) is 54.2 Å². The number of halogens is 1. The second-order valence-corrected chi connectivity index (χ2v) is 7.08. The van der Waals surface area contributed by atoms with E-state index in [4.69, 9.17) is 0 Å². The third kappa shape index (κ3) is 4.41. The lowest BCUT2D eigenvalue weighted by Crippen LogP contribution is -2.44. The molecule has 3 aromatic rings. The molecule has 1 aliphatic rings. The number of aromatic nitrogens is 2. The van der Waals surface area contributed by atoms with E-state index < -0.39 is 11.7 Å². The van der Waals surface area contributed by atoms with Crippen LogP contribution < -0.4 is 10.2 Å². The highest BCUT2D eigenvalue weighted by Gasteiger charge is 2.16. The normalized spacial score (nSPS) is 14.6. The number of amides is 1. The first-order chi connectivity index (χ1) is 14.1. The Balaban J connectivity index is 1.48. The van der Waals surface area contributed by atoms with Crippen molar-refractivity contribution in [3.8, 4) is 11.3 Å². The molecule has 6 nitrogen and oxygen atoms in total. The minimum atomic E-state index is -0.550. The summed E-state index contributed by atoms with van der Waals surface area (Å²) in [6, 6.07) is 17.1. The van der Waals surface area contributed by atoms with Crippen molar-refractivity contribution in [1.29, 1.82) is 0 Å². The van der Waals surface area contributed by atoms with E-state index in [9.17, 15) is 9.18 Å². The number of carbonyl (C=O) groups excluding carboxylic acids is 1. The second-order valence-electron chi connectivity index (χ2n) is 7.08. The summed E-state index contributed by atoms with van der Waals surface area (Å²) in [6.45, 7) is 3.88. The number of rotatable bonds is 4. The van der Waals surface area contributed by atoms with Crippen LogP contribution in [0.4, 0.5) is 15.9 Å². The summed E-state index contributed by atoms with van der Waals surface area (Å²) < 4.78 is 13.8. The number of likely N-dealkylation sites (N-methyl/N-ethyl adjacent to an activating group) is 1. The number of benzene rings is 2. The van der Waals surface area contributed by atoms with Gasteiger partial charge < -0.3 is 15.1 Å². The van der Waals surface area contributed by atoms with Crippen LogP contribution >= 0.6 is 0 Å². The van der Waals surface area contributed by atoms with E-state index in [0.717, 1.165) is 37.6 Å². The highest BCUT2D eigenvalue weighted by molar-refractivity contribution is 6.04. The Bertz CT molecular complexity index is 1000. The topological polar surface area (TPSA) is 61.4 Å². The third-order valence-electron chi connectivity index (χ3n) is 5.01. The highest BCUT2D eigenvalue weighted by Crippen LogP contribution is 2.23. The Morgan fingerprint density at radius 2 is 1.76 bits per heavy atom. The zero-order chi connectivity index (χ0) is 20.2. The summed E-state index contributed by atoms with van der Waals surface area (Å²) in [6.07, 6.45) is 0. The number of piperazine rings is 1. The zero-order valence-electron chi connectivity index (χ0n) is 16.2. The number of hydrogen-bond donors (Lipinski definition) is 1. The molecule has 0 radical (unpaired) electrons. The maximum absolute atomic E-state index is 13.8. The molecule has 7 heteroatoms. The zero-order valence-corrected chi connectivity index (χ0v) is 16.2. The quantitative estimate of drug-likeness (QED) is 0.740. The SMILES string of the molecule is CN1CCN(c2ccc(-c3cccc(NC(=O)c4ccccc4F)c3)nn2)CC1. The van der Waals surface area contributed by atoms with E-state index >= 15 is 0 Å². The first-order valence-electron chi connectivity index (χ1n) is 9.54. The first-order valence-corrected chi connectivity index (χ1v) is 9.54. The molecule has 0 aliphatic carbocycles. The maximum Gasteiger partial charge on any atom is 0.258 e. The van der Waals surface area contributed by atoms with E-state index in [-0.39, 0.29) is 5.56 Å². The first kappa shape index (κ1) is 19.0. The van der Waals surface area contributed by atoms with Crippen LogP contribution in [0, 0.1) is 5.82 Å². The van der Waals surface area contributed by atoms with Crippen LogP contribution in [-0.2, 0) is 0 Å². The van der Waals surface area contributed by atoms with E-state index in [1.165, 1.54) is 12.1 Å². The molecule has 1 saturated heterocycles. The predicted octanol–water partition coefficient (Wildman–Crippen LogP) is 3.29. The van der Waals surface area contributed by atoms with Crippen molar-refractivity contribution in [2.45, 2.75) is 0 Å². The van der Waals surface area contributed by atoms with Crippen molar-refractivity contribution in [3.05, 3.63) is 72.0 Å². The Hall–Kier alpha value is -3.32. The Kier molecular flexibility index (Phi) is 5.48. The van der Waals surface area contributed by atoms with Gasteiger partial charge in [-0.25, -0.2) is 4.39 Å². The minimum absolute atomic E-state index is 0.00854. The minimum Gasteiger partial charge on any atom is -0.353 e.